The Bertz CT molecular complexity index is 1240. The molecule has 0 aromatic heterocycles. The maximum Gasteiger partial charge on any atom is 0.242 e. The van der Waals surface area contributed by atoms with Crippen LogP contribution in [-0.4, -0.2) is 50.0 Å². The molecule has 1 atom stereocenters. The number of anilines is 1. The van der Waals surface area contributed by atoms with E-state index in [0.717, 1.165) is 54.8 Å². The van der Waals surface area contributed by atoms with Gasteiger partial charge < -0.3 is 10.2 Å². The van der Waals surface area contributed by atoms with Crippen LogP contribution >= 0.6 is 11.6 Å². The fourth-order valence-corrected chi connectivity index (χ4v) is 5.76. The molecular formula is C27H34ClF2N3O4S. The van der Waals surface area contributed by atoms with Gasteiger partial charge >= 0.3 is 0 Å². The van der Waals surface area contributed by atoms with Crippen molar-refractivity contribution in [2.45, 2.75) is 70.5 Å². The minimum atomic E-state index is -3.83. The van der Waals surface area contributed by atoms with E-state index in [4.69, 9.17) is 11.6 Å². The average Bonchev–Trinajstić information content (AvgIpc) is 2.87. The molecule has 2 amide bonds. The summed E-state index contributed by atoms with van der Waals surface area (Å²) in [6.07, 6.45) is 6.05. The Labute approximate surface area is 228 Å². The molecule has 2 aromatic carbocycles. The summed E-state index contributed by atoms with van der Waals surface area (Å²) in [4.78, 5) is 27.9. The van der Waals surface area contributed by atoms with Gasteiger partial charge in [0.2, 0.25) is 21.8 Å². The van der Waals surface area contributed by atoms with E-state index in [2.05, 4.69) is 5.32 Å². The summed E-state index contributed by atoms with van der Waals surface area (Å²) in [5.41, 5.74) is 0.645. The molecule has 0 unspecified atom stereocenters. The summed E-state index contributed by atoms with van der Waals surface area (Å²) in [5, 5.41) is 3.53. The van der Waals surface area contributed by atoms with Gasteiger partial charge in [-0.15, -0.1) is 0 Å². The maximum absolute atomic E-state index is 13.8. The number of hydrogen-bond acceptors (Lipinski definition) is 4. The van der Waals surface area contributed by atoms with Gasteiger partial charge in [0.25, 0.3) is 0 Å². The highest BCUT2D eigenvalue weighted by atomic mass is 35.5. The molecule has 0 spiro atoms. The number of rotatable bonds is 11. The van der Waals surface area contributed by atoms with Crippen LogP contribution in [0.15, 0.2) is 42.5 Å². The van der Waals surface area contributed by atoms with Gasteiger partial charge in [-0.25, -0.2) is 17.2 Å². The quantitative estimate of drug-likeness (QED) is 0.411. The summed E-state index contributed by atoms with van der Waals surface area (Å²) in [6.45, 7) is 1.64. The van der Waals surface area contributed by atoms with Crippen LogP contribution in [0.25, 0.3) is 0 Å². The number of hydrogen-bond donors (Lipinski definition) is 1. The first-order chi connectivity index (χ1) is 18.0. The van der Waals surface area contributed by atoms with Crippen LogP contribution in [0.3, 0.4) is 0 Å². The van der Waals surface area contributed by atoms with Gasteiger partial charge in [0.1, 0.15) is 6.04 Å². The van der Waals surface area contributed by atoms with Crippen LogP contribution in [0.1, 0.15) is 57.4 Å². The molecule has 0 saturated heterocycles. The van der Waals surface area contributed by atoms with Crippen LogP contribution in [0.5, 0.6) is 0 Å². The van der Waals surface area contributed by atoms with Crippen molar-refractivity contribution in [3.05, 3.63) is 64.7 Å². The lowest BCUT2D eigenvalue weighted by Crippen LogP contribution is -2.50. The first-order valence-electron chi connectivity index (χ1n) is 12.7. The number of nitrogens with one attached hydrogen (secondary N) is 1. The van der Waals surface area contributed by atoms with Crippen molar-refractivity contribution in [2.24, 2.45) is 0 Å². The van der Waals surface area contributed by atoms with Crippen LogP contribution in [0.2, 0.25) is 5.02 Å². The molecule has 38 heavy (non-hydrogen) atoms. The predicted octanol–water partition coefficient (Wildman–Crippen LogP) is 5.03. The molecule has 1 aliphatic rings. The Kier molecular flexibility index (Phi) is 10.5. The number of carbonyl (C=O) groups excluding carboxylic acids is 2. The van der Waals surface area contributed by atoms with Crippen molar-refractivity contribution in [2.75, 3.05) is 17.1 Å². The highest BCUT2D eigenvalue weighted by Crippen LogP contribution is 2.23. The van der Waals surface area contributed by atoms with Gasteiger partial charge in [0, 0.05) is 36.6 Å². The molecule has 1 N–H and O–H groups in total. The van der Waals surface area contributed by atoms with E-state index in [0.29, 0.717) is 10.6 Å². The smallest absolute Gasteiger partial charge is 0.242 e. The molecule has 0 radical (unpaired) electrons. The van der Waals surface area contributed by atoms with Crippen molar-refractivity contribution in [1.82, 2.24) is 10.2 Å². The lowest BCUT2D eigenvalue weighted by molar-refractivity contribution is -0.141. The monoisotopic (exact) mass is 569 g/mol. The Balaban J connectivity index is 1.73. The third-order valence-corrected chi connectivity index (χ3v) is 8.32. The van der Waals surface area contributed by atoms with Crippen LogP contribution in [0, 0.1) is 11.6 Å². The largest absolute Gasteiger partial charge is 0.352 e. The van der Waals surface area contributed by atoms with Crippen molar-refractivity contribution >= 4 is 39.1 Å². The molecule has 7 nitrogen and oxygen atoms in total. The molecule has 0 aliphatic heterocycles. The lowest BCUT2D eigenvalue weighted by atomic mass is 9.95. The average molecular weight is 570 g/mol. The fraction of sp³-hybridized carbons (Fsp3) is 0.481. The minimum Gasteiger partial charge on any atom is -0.352 e. The van der Waals surface area contributed by atoms with Crippen LogP contribution in [-0.2, 0) is 26.2 Å². The molecule has 1 fully saturated rings. The molecule has 0 heterocycles. The maximum atomic E-state index is 13.8. The highest BCUT2D eigenvalue weighted by Gasteiger charge is 2.29. The number of benzene rings is 2. The van der Waals surface area contributed by atoms with E-state index in [1.807, 2.05) is 0 Å². The highest BCUT2D eigenvalue weighted by molar-refractivity contribution is 7.92. The Morgan fingerprint density at radius 3 is 2.39 bits per heavy atom. The van der Waals surface area contributed by atoms with Crippen molar-refractivity contribution in [1.29, 1.82) is 0 Å². The number of carbonyl (C=O) groups is 2. The first kappa shape index (κ1) is 29.8. The molecule has 3 rings (SSSR count). The minimum absolute atomic E-state index is 0.0352. The van der Waals surface area contributed by atoms with E-state index in [-0.39, 0.29) is 49.5 Å². The molecule has 208 valence electrons. The Morgan fingerprint density at radius 2 is 1.76 bits per heavy atom. The fourth-order valence-electron chi connectivity index (χ4n) is 4.61. The number of nitrogens with zero attached hydrogens (tertiary/aromatic N) is 2. The SMILES string of the molecule is C[C@H](C(=O)NC1CCCCC1)N(Cc1ccccc1Cl)C(=O)CCCN(c1ccc(F)c(F)c1)S(C)(=O)=O. The van der Waals surface area contributed by atoms with Gasteiger partial charge in [-0.3, -0.25) is 13.9 Å². The second-order valence-corrected chi connectivity index (χ2v) is 12.0. The zero-order chi connectivity index (χ0) is 27.9. The molecule has 1 saturated carbocycles. The zero-order valence-corrected chi connectivity index (χ0v) is 23.2. The summed E-state index contributed by atoms with van der Waals surface area (Å²) >= 11 is 6.33. The lowest BCUT2D eigenvalue weighted by Gasteiger charge is -2.31. The van der Waals surface area contributed by atoms with Gasteiger partial charge in [0.15, 0.2) is 11.6 Å². The molecule has 2 aromatic rings. The predicted molar refractivity (Wildman–Crippen MR) is 144 cm³/mol. The van der Waals surface area contributed by atoms with Gasteiger partial charge in [-0.2, -0.15) is 0 Å². The third kappa shape index (κ3) is 8.14. The molecule has 0 bridgehead atoms. The summed E-state index contributed by atoms with van der Waals surface area (Å²) < 4.78 is 52.7. The van der Waals surface area contributed by atoms with Gasteiger partial charge in [-0.05, 0) is 49.9 Å². The third-order valence-electron chi connectivity index (χ3n) is 6.76. The molecule has 11 heteroatoms. The van der Waals surface area contributed by atoms with Crippen molar-refractivity contribution in [3.8, 4) is 0 Å². The van der Waals surface area contributed by atoms with E-state index in [9.17, 15) is 26.8 Å². The number of halogens is 3. The second-order valence-electron chi connectivity index (χ2n) is 9.67. The van der Waals surface area contributed by atoms with Crippen LogP contribution in [0.4, 0.5) is 14.5 Å². The first-order valence-corrected chi connectivity index (χ1v) is 15.0. The topological polar surface area (TPSA) is 86.8 Å². The van der Waals surface area contributed by atoms with Crippen molar-refractivity contribution in [3.63, 3.8) is 0 Å². The summed E-state index contributed by atoms with van der Waals surface area (Å²) in [7, 11) is -3.83. The summed E-state index contributed by atoms with van der Waals surface area (Å²) in [6, 6.07) is 9.18. The standard InChI is InChI=1S/C27H34ClF2N3O4S/c1-19(27(35)31-21-10-4-3-5-11-21)32(18-20-9-6-7-12-23(20)28)26(34)13-8-16-33(38(2,36)37)22-14-15-24(29)25(30)17-22/h6-7,9,12,14-15,17,19,21H,3-5,8,10-11,13,16,18H2,1-2H3,(H,31,35)/t19-/m1/s1. The van der Waals surface area contributed by atoms with Gasteiger partial charge in [0.05, 0.1) is 11.9 Å². The van der Waals surface area contributed by atoms with Crippen molar-refractivity contribution < 1.29 is 26.8 Å². The second kappa shape index (κ2) is 13.4. The zero-order valence-electron chi connectivity index (χ0n) is 21.6. The van der Waals surface area contributed by atoms with E-state index >= 15 is 0 Å². The Morgan fingerprint density at radius 1 is 1.08 bits per heavy atom. The van der Waals surface area contributed by atoms with Crippen LogP contribution < -0.4 is 9.62 Å². The normalized spacial score (nSPS) is 15.1. The van der Waals surface area contributed by atoms with E-state index in [1.165, 1.54) is 11.0 Å². The number of amides is 2. The molecular weight excluding hydrogens is 536 g/mol. The number of sulfonamides is 1. The Hall–Kier alpha value is -2.72. The van der Waals surface area contributed by atoms with E-state index < -0.39 is 27.7 Å². The van der Waals surface area contributed by atoms with E-state index in [1.54, 1.807) is 31.2 Å². The molecule has 1 aliphatic carbocycles. The summed E-state index contributed by atoms with van der Waals surface area (Å²) in [5.74, 6) is -2.86. The van der Waals surface area contributed by atoms with Gasteiger partial charge in [-0.1, -0.05) is 49.1 Å².